The van der Waals surface area contributed by atoms with Gasteiger partial charge in [-0.05, 0) is 71.5 Å². The van der Waals surface area contributed by atoms with E-state index in [4.69, 9.17) is 0 Å². The Morgan fingerprint density at radius 1 is 0.500 bits per heavy atom. The molecule has 0 aliphatic carbocycles. The zero-order valence-corrected chi connectivity index (χ0v) is 24.6. The minimum absolute atomic E-state index is 0.475. The van der Waals surface area contributed by atoms with E-state index in [-0.39, 0.29) is 0 Å². The Balaban J connectivity index is 1.70. The molecule has 194 valence electrons. The Hall–Kier alpha value is -3.86. The van der Waals surface area contributed by atoms with Gasteiger partial charge in [0.1, 0.15) is 0 Å². The average molecular weight is 553 g/mol. The number of hydrogen-bond acceptors (Lipinski definition) is 2. The Labute approximate surface area is 239 Å². The molecule has 0 N–H and O–H groups in total. The first-order chi connectivity index (χ1) is 19.5. The molecule has 0 aliphatic heterocycles. The molecule has 0 radical (unpaired) electrons. The van der Waals surface area contributed by atoms with Crippen molar-refractivity contribution in [1.82, 2.24) is 8.80 Å². The standard InChI is InChI=1S/C36H28N2S2/c1-19(2)21-13-15-25-23(17-21)31-33-36(40-29-11-7-5-9-27(29)37(25)33)32-24-18-22(20(3)4)14-16-26(24)38-28-10-6-8-12-30(28)39-35(31)34(32)38/h5-20H,1-4H3. The molecule has 40 heavy (non-hydrogen) atoms. The number of fused-ring (bicyclic) bond motifs is 12. The number of hydrogen-bond donors (Lipinski definition) is 0. The van der Waals surface area contributed by atoms with Gasteiger partial charge < -0.3 is 8.80 Å². The third-order valence-electron chi connectivity index (χ3n) is 8.84. The summed E-state index contributed by atoms with van der Waals surface area (Å²) in [7, 11) is 0. The Morgan fingerprint density at radius 2 is 0.925 bits per heavy atom. The summed E-state index contributed by atoms with van der Waals surface area (Å²) in [6, 6.07) is 32.2. The van der Waals surface area contributed by atoms with E-state index in [2.05, 4.69) is 121 Å². The summed E-state index contributed by atoms with van der Waals surface area (Å²) in [6.45, 7) is 9.19. The summed E-state index contributed by atoms with van der Waals surface area (Å²) >= 11 is 3.91. The lowest BCUT2D eigenvalue weighted by Crippen LogP contribution is -1.91. The van der Waals surface area contributed by atoms with Crippen molar-refractivity contribution in [2.75, 3.05) is 0 Å². The molecule has 9 aromatic rings. The largest absolute Gasteiger partial charge is 0.306 e. The summed E-state index contributed by atoms with van der Waals surface area (Å²) in [6.07, 6.45) is 0. The molecule has 0 saturated heterocycles. The second-order valence-corrected chi connectivity index (χ2v) is 13.9. The van der Waals surface area contributed by atoms with Crippen molar-refractivity contribution < 1.29 is 0 Å². The van der Waals surface area contributed by atoms with Crippen LogP contribution in [-0.4, -0.2) is 8.80 Å². The topological polar surface area (TPSA) is 8.82 Å². The van der Waals surface area contributed by atoms with Crippen molar-refractivity contribution >= 4 is 96.1 Å². The van der Waals surface area contributed by atoms with Gasteiger partial charge in [-0.15, -0.1) is 22.7 Å². The van der Waals surface area contributed by atoms with Crippen LogP contribution in [-0.2, 0) is 0 Å². The molecule has 0 unspecified atom stereocenters. The van der Waals surface area contributed by atoms with Gasteiger partial charge in [0.2, 0.25) is 0 Å². The van der Waals surface area contributed by atoms with Gasteiger partial charge in [-0.1, -0.05) is 64.1 Å². The summed E-state index contributed by atoms with van der Waals surface area (Å²) in [5, 5.41) is 5.52. The highest BCUT2D eigenvalue weighted by molar-refractivity contribution is 7.27. The second-order valence-electron chi connectivity index (χ2n) is 11.8. The lowest BCUT2D eigenvalue weighted by Gasteiger charge is -2.11. The molecule has 9 rings (SSSR count). The minimum Gasteiger partial charge on any atom is -0.306 e. The van der Waals surface area contributed by atoms with Crippen LogP contribution < -0.4 is 0 Å². The van der Waals surface area contributed by atoms with Crippen molar-refractivity contribution in [2.45, 2.75) is 39.5 Å². The average Bonchev–Trinajstić information content (AvgIpc) is 3.50. The van der Waals surface area contributed by atoms with Crippen LogP contribution in [0.15, 0.2) is 84.9 Å². The second kappa shape index (κ2) is 7.87. The van der Waals surface area contributed by atoms with Crippen molar-refractivity contribution in [2.24, 2.45) is 0 Å². The first kappa shape index (κ1) is 22.9. The van der Waals surface area contributed by atoms with Crippen molar-refractivity contribution in [1.29, 1.82) is 0 Å². The predicted octanol–water partition coefficient (Wildman–Crippen LogP) is 11.5. The van der Waals surface area contributed by atoms with Crippen LogP contribution in [0.1, 0.15) is 50.7 Å². The summed E-state index contributed by atoms with van der Waals surface area (Å²) in [4.78, 5) is 0. The SMILES string of the molecule is CC(C)c1ccc2c(c1)c1c3sc4ccccc4n4c5ccc(C(C)C)cc5c(c5sc6ccccc6n2c51)c34. The molecule has 5 aromatic carbocycles. The van der Waals surface area contributed by atoms with E-state index in [0.29, 0.717) is 11.8 Å². The number of benzene rings is 5. The van der Waals surface area contributed by atoms with Crippen LogP contribution in [0.25, 0.3) is 73.4 Å². The molecule has 0 saturated carbocycles. The molecule has 0 amide bonds. The smallest absolute Gasteiger partial charge is 0.0736 e. The molecule has 4 aromatic heterocycles. The molecule has 0 bridgehead atoms. The van der Waals surface area contributed by atoms with Gasteiger partial charge in [-0.3, -0.25) is 0 Å². The fraction of sp³-hybridized carbons (Fsp3) is 0.167. The highest BCUT2D eigenvalue weighted by Gasteiger charge is 2.25. The molecule has 4 heterocycles. The molecular formula is C36H28N2S2. The van der Waals surface area contributed by atoms with E-state index in [1.807, 2.05) is 22.7 Å². The first-order valence-corrected chi connectivity index (χ1v) is 15.8. The summed E-state index contributed by atoms with van der Waals surface area (Å²) in [5.74, 6) is 0.951. The van der Waals surface area contributed by atoms with Crippen molar-refractivity contribution in [3.63, 3.8) is 0 Å². The fourth-order valence-electron chi connectivity index (χ4n) is 6.84. The number of para-hydroxylation sites is 2. The third-order valence-corrected chi connectivity index (χ3v) is 11.2. The van der Waals surface area contributed by atoms with Crippen LogP contribution in [0.2, 0.25) is 0 Å². The zero-order valence-electron chi connectivity index (χ0n) is 22.9. The molecule has 0 spiro atoms. The van der Waals surface area contributed by atoms with Crippen LogP contribution in [0, 0.1) is 0 Å². The van der Waals surface area contributed by atoms with Gasteiger partial charge in [-0.2, -0.15) is 0 Å². The third kappa shape index (κ3) is 2.78. The highest BCUT2D eigenvalue weighted by atomic mass is 32.1. The van der Waals surface area contributed by atoms with Crippen LogP contribution in [0.3, 0.4) is 0 Å². The van der Waals surface area contributed by atoms with Crippen LogP contribution in [0.4, 0.5) is 0 Å². The molecule has 2 nitrogen and oxygen atoms in total. The predicted molar refractivity (Wildman–Crippen MR) is 177 cm³/mol. The van der Waals surface area contributed by atoms with Crippen molar-refractivity contribution in [3.05, 3.63) is 96.1 Å². The summed E-state index contributed by atoms with van der Waals surface area (Å²) in [5.41, 5.74) is 10.7. The van der Waals surface area contributed by atoms with E-state index in [1.165, 1.54) is 84.6 Å². The Kier molecular flexibility index (Phi) is 4.51. The minimum atomic E-state index is 0.475. The maximum Gasteiger partial charge on any atom is 0.0736 e. The Bertz CT molecular complexity index is 2320. The monoisotopic (exact) mass is 552 g/mol. The van der Waals surface area contributed by atoms with E-state index in [0.717, 1.165) is 0 Å². The molecular weight excluding hydrogens is 525 g/mol. The molecule has 0 atom stereocenters. The van der Waals surface area contributed by atoms with Gasteiger partial charge in [0.05, 0.1) is 51.9 Å². The Morgan fingerprint density at radius 3 is 1.35 bits per heavy atom. The van der Waals surface area contributed by atoms with E-state index in [9.17, 15) is 0 Å². The van der Waals surface area contributed by atoms with E-state index < -0.39 is 0 Å². The zero-order chi connectivity index (χ0) is 26.9. The maximum atomic E-state index is 2.56. The van der Waals surface area contributed by atoms with Gasteiger partial charge in [-0.25, -0.2) is 0 Å². The van der Waals surface area contributed by atoms with Crippen LogP contribution in [0.5, 0.6) is 0 Å². The highest BCUT2D eigenvalue weighted by Crippen LogP contribution is 2.50. The first-order valence-electron chi connectivity index (χ1n) is 14.2. The molecule has 4 heteroatoms. The normalized spacial score (nSPS) is 12.9. The quantitative estimate of drug-likeness (QED) is 0.189. The van der Waals surface area contributed by atoms with Gasteiger partial charge in [0.25, 0.3) is 0 Å². The van der Waals surface area contributed by atoms with Gasteiger partial charge in [0.15, 0.2) is 0 Å². The number of rotatable bonds is 2. The maximum absolute atomic E-state index is 2.56. The molecule has 0 aliphatic rings. The lowest BCUT2D eigenvalue weighted by molar-refractivity contribution is 0.868. The van der Waals surface area contributed by atoms with E-state index >= 15 is 0 Å². The summed E-state index contributed by atoms with van der Waals surface area (Å²) < 4.78 is 10.5. The fourth-order valence-corrected chi connectivity index (χ4v) is 9.30. The van der Waals surface area contributed by atoms with Crippen LogP contribution >= 0.6 is 22.7 Å². The van der Waals surface area contributed by atoms with Gasteiger partial charge >= 0.3 is 0 Å². The number of nitrogens with zero attached hydrogens (tertiary/aromatic N) is 2. The van der Waals surface area contributed by atoms with E-state index in [1.54, 1.807) is 0 Å². The molecule has 0 fully saturated rings. The number of aromatic nitrogens is 2. The van der Waals surface area contributed by atoms with Gasteiger partial charge in [0, 0.05) is 21.5 Å². The van der Waals surface area contributed by atoms with Crippen molar-refractivity contribution in [3.8, 4) is 0 Å². The lowest BCUT2D eigenvalue weighted by atomic mass is 9.99.